The molecule has 3 aliphatic rings. The van der Waals surface area contributed by atoms with Crippen LogP contribution in [0.25, 0.3) is 0 Å². The predicted molar refractivity (Wildman–Crippen MR) is 105 cm³/mol. The van der Waals surface area contributed by atoms with Crippen LogP contribution in [-0.2, 0) is 11.2 Å². The standard InChI is InChI=1S/C22H32N2O3/c1-2-17-5-3-4-6-20(17)21(26)24-11-8-22(9-12-24)13-19(27-16-22)15-23-10-7-18(25)14-23/h3-6,18-19,25H,2,7-16H2,1H3/t18-,19-/m1/s1. The van der Waals surface area contributed by atoms with E-state index in [1.54, 1.807) is 0 Å². The Bertz CT molecular complexity index is 669. The Kier molecular flexibility index (Phi) is 5.53. The summed E-state index contributed by atoms with van der Waals surface area (Å²) < 4.78 is 6.13. The fourth-order valence-corrected chi connectivity index (χ4v) is 5.02. The maximum absolute atomic E-state index is 13.0. The van der Waals surface area contributed by atoms with E-state index in [1.165, 1.54) is 0 Å². The van der Waals surface area contributed by atoms with Crippen molar-refractivity contribution >= 4 is 5.91 Å². The summed E-state index contributed by atoms with van der Waals surface area (Å²) in [4.78, 5) is 17.3. The fourth-order valence-electron chi connectivity index (χ4n) is 5.02. The van der Waals surface area contributed by atoms with Gasteiger partial charge in [-0.25, -0.2) is 0 Å². The highest BCUT2D eigenvalue weighted by Gasteiger charge is 2.43. The highest BCUT2D eigenvalue weighted by atomic mass is 16.5. The number of hydrogen-bond acceptors (Lipinski definition) is 4. The average molecular weight is 373 g/mol. The molecule has 0 aliphatic carbocycles. The van der Waals surface area contributed by atoms with E-state index in [1.807, 2.05) is 23.1 Å². The van der Waals surface area contributed by atoms with E-state index in [0.717, 1.165) is 82.6 Å². The van der Waals surface area contributed by atoms with Crippen molar-refractivity contribution in [2.24, 2.45) is 5.41 Å². The average Bonchev–Trinajstić information content (AvgIpc) is 3.28. The Morgan fingerprint density at radius 3 is 2.74 bits per heavy atom. The molecule has 4 rings (SSSR count). The number of nitrogens with zero attached hydrogens (tertiary/aromatic N) is 2. The Morgan fingerprint density at radius 1 is 1.26 bits per heavy atom. The van der Waals surface area contributed by atoms with Crippen molar-refractivity contribution in [1.29, 1.82) is 0 Å². The number of aliphatic hydroxyl groups is 1. The molecule has 1 aromatic rings. The van der Waals surface area contributed by atoms with Crippen LogP contribution >= 0.6 is 0 Å². The van der Waals surface area contributed by atoms with Crippen molar-refractivity contribution in [3.8, 4) is 0 Å². The van der Waals surface area contributed by atoms with Crippen molar-refractivity contribution < 1.29 is 14.6 Å². The van der Waals surface area contributed by atoms with Crippen LogP contribution in [0.1, 0.15) is 48.5 Å². The van der Waals surface area contributed by atoms with E-state index in [4.69, 9.17) is 4.74 Å². The first kappa shape index (κ1) is 18.9. The smallest absolute Gasteiger partial charge is 0.254 e. The van der Waals surface area contributed by atoms with Gasteiger partial charge in [0, 0.05) is 38.3 Å². The topological polar surface area (TPSA) is 53.0 Å². The summed E-state index contributed by atoms with van der Waals surface area (Å²) in [7, 11) is 0. The van der Waals surface area contributed by atoms with Crippen LogP contribution in [0.5, 0.6) is 0 Å². The van der Waals surface area contributed by atoms with Gasteiger partial charge < -0.3 is 14.7 Å². The Balaban J connectivity index is 1.32. The lowest BCUT2D eigenvalue weighted by atomic mass is 9.76. The van der Waals surface area contributed by atoms with Gasteiger partial charge in [-0.05, 0) is 49.1 Å². The molecule has 0 unspecified atom stereocenters. The predicted octanol–water partition coefficient (Wildman–Crippen LogP) is 2.33. The molecule has 1 aromatic carbocycles. The molecule has 2 atom stereocenters. The molecule has 3 saturated heterocycles. The largest absolute Gasteiger partial charge is 0.392 e. The third-order valence-electron chi connectivity index (χ3n) is 6.74. The van der Waals surface area contributed by atoms with Crippen LogP contribution in [0.4, 0.5) is 0 Å². The van der Waals surface area contributed by atoms with E-state index < -0.39 is 0 Å². The van der Waals surface area contributed by atoms with Gasteiger partial charge in [-0.3, -0.25) is 9.69 Å². The monoisotopic (exact) mass is 372 g/mol. The molecule has 27 heavy (non-hydrogen) atoms. The molecule has 1 spiro atoms. The van der Waals surface area contributed by atoms with Crippen molar-refractivity contribution in [3.63, 3.8) is 0 Å². The summed E-state index contributed by atoms with van der Waals surface area (Å²) in [6, 6.07) is 7.99. The number of hydrogen-bond donors (Lipinski definition) is 1. The number of carbonyl (C=O) groups excluding carboxylic acids is 1. The van der Waals surface area contributed by atoms with Crippen LogP contribution in [0.2, 0.25) is 0 Å². The highest BCUT2D eigenvalue weighted by Crippen LogP contribution is 2.42. The van der Waals surface area contributed by atoms with Gasteiger partial charge in [0.25, 0.3) is 5.91 Å². The second-order valence-electron chi connectivity index (χ2n) is 8.64. The fraction of sp³-hybridized carbons (Fsp3) is 0.682. The SMILES string of the molecule is CCc1ccccc1C(=O)N1CCC2(CC1)CO[C@@H](CN1CC[C@@H](O)C1)C2. The number of likely N-dealkylation sites (tertiary alicyclic amines) is 2. The van der Waals surface area contributed by atoms with Gasteiger partial charge in [0.05, 0.1) is 18.8 Å². The van der Waals surface area contributed by atoms with Crippen LogP contribution in [0, 0.1) is 5.41 Å². The van der Waals surface area contributed by atoms with E-state index in [-0.39, 0.29) is 23.5 Å². The number of amides is 1. The second kappa shape index (κ2) is 7.90. The van der Waals surface area contributed by atoms with Crippen LogP contribution in [-0.4, -0.2) is 72.4 Å². The number of aliphatic hydroxyl groups excluding tert-OH is 1. The highest BCUT2D eigenvalue weighted by molar-refractivity contribution is 5.95. The Labute approximate surface area is 162 Å². The van der Waals surface area contributed by atoms with E-state index in [0.29, 0.717) is 0 Å². The molecule has 0 radical (unpaired) electrons. The molecular formula is C22H32N2O3. The first-order valence-electron chi connectivity index (χ1n) is 10.5. The van der Waals surface area contributed by atoms with Gasteiger partial charge in [-0.2, -0.15) is 0 Å². The molecule has 1 amide bonds. The molecule has 0 aromatic heterocycles. The minimum Gasteiger partial charge on any atom is -0.392 e. The lowest BCUT2D eigenvalue weighted by Gasteiger charge is -2.38. The summed E-state index contributed by atoms with van der Waals surface area (Å²) in [5.41, 5.74) is 2.24. The third-order valence-corrected chi connectivity index (χ3v) is 6.74. The van der Waals surface area contributed by atoms with E-state index in [9.17, 15) is 9.90 Å². The van der Waals surface area contributed by atoms with Crippen molar-refractivity contribution in [2.75, 3.05) is 39.3 Å². The van der Waals surface area contributed by atoms with Crippen LogP contribution in [0.15, 0.2) is 24.3 Å². The molecule has 148 valence electrons. The first-order chi connectivity index (χ1) is 13.1. The molecule has 3 aliphatic heterocycles. The second-order valence-corrected chi connectivity index (χ2v) is 8.64. The number of ether oxygens (including phenoxy) is 1. The van der Waals surface area contributed by atoms with Crippen molar-refractivity contribution in [3.05, 3.63) is 35.4 Å². The molecule has 3 heterocycles. The van der Waals surface area contributed by atoms with Crippen molar-refractivity contribution in [1.82, 2.24) is 9.80 Å². The molecule has 5 nitrogen and oxygen atoms in total. The molecular weight excluding hydrogens is 340 g/mol. The summed E-state index contributed by atoms with van der Waals surface area (Å²) in [6.45, 7) is 7.28. The van der Waals surface area contributed by atoms with Gasteiger partial charge in [-0.1, -0.05) is 25.1 Å². The van der Waals surface area contributed by atoms with Gasteiger partial charge in [0.1, 0.15) is 0 Å². The van der Waals surface area contributed by atoms with Gasteiger partial charge >= 0.3 is 0 Å². The summed E-state index contributed by atoms with van der Waals surface area (Å²) in [5.74, 6) is 0.184. The number of piperidine rings is 1. The normalized spacial score (nSPS) is 28.1. The minimum atomic E-state index is -0.166. The van der Waals surface area contributed by atoms with Gasteiger partial charge in [-0.15, -0.1) is 0 Å². The van der Waals surface area contributed by atoms with Gasteiger partial charge in [0.2, 0.25) is 0 Å². The molecule has 3 fully saturated rings. The van der Waals surface area contributed by atoms with Crippen molar-refractivity contribution in [2.45, 2.75) is 51.2 Å². The van der Waals surface area contributed by atoms with E-state index in [2.05, 4.69) is 17.9 Å². The summed E-state index contributed by atoms with van der Waals surface area (Å²) in [5, 5.41) is 9.71. The molecule has 0 bridgehead atoms. The molecule has 5 heteroatoms. The molecule has 1 N–H and O–H groups in total. The summed E-state index contributed by atoms with van der Waals surface area (Å²) >= 11 is 0. The lowest BCUT2D eigenvalue weighted by molar-refractivity contribution is 0.0450. The molecule has 0 saturated carbocycles. The Hall–Kier alpha value is -1.43. The summed E-state index contributed by atoms with van der Waals surface area (Å²) in [6.07, 6.45) is 5.04. The third kappa shape index (κ3) is 4.05. The van der Waals surface area contributed by atoms with Crippen LogP contribution < -0.4 is 0 Å². The zero-order chi connectivity index (χ0) is 18.9. The Morgan fingerprint density at radius 2 is 2.04 bits per heavy atom. The first-order valence-corrected chi connectivity index (χ1v) is 10.5. The van der Waals surface area contributed by atoms with Gasteiger partial charge in [0.15, 0.2) is 0 Å². The number of benzene rings is 1. The zero-order valence-corrected chi connectivity index (χ0v) is 16.4. The maximum Gasteiger partial charge on any atom is 0.254 e. The minimum absolute atomic E-state index is 0.166. The maximum atomic E-state index is 13.0. The number of rotatable bonds is 4. The zero-order valence-electron chi connectivity index (χ0n) is 16.4. The number of β-amino-alcohol motifs (C(OH)–C–C–N with tert-alkyl or cyclic N) is 1. The number of aryl methyl sites for hydroxylation is 1. The quantitative estimate of drug-likeness (QED) is 0.881. The lowest BCUT2D eigenvalue weighted by Crippen LogP contribution is -2.44. The van der Waals surface area contributed by atoms with E-state index >= 15 is 0 Å². The number of carbonyl (C=O) groups is 1. The van der Waals surface area contributed by atoms with Crippen LogP contribution in [0.3, 0.4) is 0 Å².